The Balaban J connectivity index is 1.95. The van der Waals surface area contributed by atoms with E-state index in [1.807, 2.05) is 0 Å². The lowest BCUT2D eigenvalue weighted by Gasteiger charge is -2.22. The minimum absolute atomic E-state index is 0.129. The van der Waals surface area contributed by atoms with Gasteiger partial charge in [-0.25, -0.2) is 4.58 Å². The zero-order valence-corrected chi connectivity index (χ0v) is 12.2. The molecule has 3 aliphatic rings. The number of aliphatic hydroxyl groups is 2. The maximum Gasteiger partial charge on any atom is 0.304 e. The summed E-state index contributed by atoms with van der Waals surface area (Å²) in [6.45, 7) is -0.348. The third-order valence-corrected chi connectivity index (χ3v) is 3.95. The van der Waals surface area contributed by atoms with E-state index in [0.717, 1.165) is 0 Å². The summed E-state index contributed by atoms with van der Waals surface area (Å²) in [4.78, 5) is 21.3. The standard InChI is InChI=1S/C12H17N5O5/c1-16-4-17(9-6(16)10(20)15-12(13)14-9)11-8(21-2)7(19)5(3-18)22-11/h4-8,11,18-19H,3H2,1-2H3,(H-,13,15,20)/p+1. The molecule has 3 rings (SSSR count). The number of rotatable bonds is 3. The van der Waals surface area contributed by atoms with Crippen molar-refractivity contribution in [1.82, 2.24) is 4.90 Å². The van der Waals surface area contributed by atoms with Crippen LogP contribution in [-0.4, -0.2) is 95.1 Å². The highest BCUT2D eigenvalue weighted by Gasteiger charge is 2.56. The van der Waals surface area contributed by atoms with Crippen molar-refractivity contribution in [1.29, 1.82) is 0 Å². The number of amides is 1. The fourth-order valence-electron chi connectivity index (χ4n) is 2.91. The van der Waals surface area contributed by atoms with Crippen LogP contribution >= 0.6 is 0 Å². The highest BCUT2D eigenvalue weighted by Crippen LogP contribution is 2.28. The van der Waals surface area contributed by atoms with Crippen molar-refractivity contribution in [3.63, 3.8) is 0 Å². The van der Waals surface area contributed by atoms with Gasteiger partial charge in [0.2, 0.25) is 18.5 Å². The Kier molecular flexibility index (Phi) is 3.68. The van der Waals surface area contributed by atoms with Crippen molar-refractivity contribution >= 4 is 24.0 Å². The number of nitrogens with two attached hydrogens (primary N) is 1. The summed E-state index contributed by atoms with van der Waals surface area (Å²) in [5.41, 5.74) is 5.56. The van der Waals surface area contributed by atoms with Crippen LogP contribution in [0.25, 0.3) is 0 Å². The molecule has 10 heteroatoms. The maximum absolute atomic E-state index is 12.0. The first-order valence-electron chi connectivity index (χ1n) is 6.77. The molecule has 0 aliphatic carbocycles. The number of aliphatic imine (C=N–C) groups is 2. The number of methoxy groups -OCH3 is 1. The number of amidine groups is 1. The summed E-state index contributed by atoms with van der Waals surface area (Å²) in [6.07, 6.45) is -1.60. The molecule has 0 spiro atoms. The number of hydrogen-bond donors (Lipinski definition) is 3. The highest BCUT2D eigenvalue weighted by atomic mass is 16.6. The molecular weight excluding hydrogens is 294 g/mol. The molecular formula is C12H18N5O5+. The molecule has 5 atom stereocenters. The molecule has 22 heavy (non-hydrogen) atoms. The van der Waals surface area contributed by atoms with Crippen molar-refractivity contribution in [3.05, 3.63) is 0 Å². The molecule has 3 heterocycles. The van der Waals surface area contributed by atoms with Gasteiger partial charge in [0.25, 0.3) is 11.9 Å². The van der Waals surface area contributed by atoms with Gasteiger partial charge in [0.05, 0.1) is 13.7 Å². The fraction of sp³-hybridized carbons (Fsp3) is 0.667. The minimum atomic E-state index is -0.997. The SMILES string of the molecule is COC1C(O)C(CO)OC1N1C=[N+](C)C2C(=O)N=C(N)N=C21. The van der Waals surface area contributed by atoms with Gasteiger partial charge in [-0.05, 0) is 0 Å². The maximum atomic E-state index is 12.0. The summed E-state index contributed by atoms with van der Waals surface area (Å²) in [7, 11) is 3.14. The van der Waals surface area contributed by atoms with Gasteiger partial charge in [0, 0.05) is 7.11 Å². The van der Waals surface area contributed by atoms with Crippen molar-refractivity contribution in [2.75, 3.05) is 20.8 Å². The molecule has 120 valence electrons. The molecule has 0 aromatic rings. The number of aliphatic hydroxyl groups excluding tert-OH is 2. The van der Waals surface area contributed by atoms with Crippen molar-refractivity contribution in [2.24, 2.45) is 15.7 Å². The van der Waals surface area contributed by atoms with E-state index in [1.165, 1.54) is 7.11 Å². The van der Waals surface area contributed by atoms with E-state index < -0.39 is 36.5 Å². The summed E-state index contributed by atoms with van der Waals surface area (Å²) < 4.78 is 12.6. The minimum Gasteiger partial charge on any atom is -0.394 e. The van der Waals surface area contributed by atoms with Crippen LogP contribution in [0.4, 0.5) is 0 Å². The van der Waals surface area contributed by atoms with E-state index in [0.29, 0.717) is 5.84 Å². The lowest BCUT2D eigenvalue weighted by atomic mass is 10.1. The Bertz CT molecular complexity index is 588. The second-order valence-electron chi connectivity index (χ2n) is 5.31. The third-order valence-electron chi connectivity index (χ3n) is 3.95. The summed E-state index contributed by atoms with van der Waals surface area (Å²) in [5, 5.41) is 19.4. The van der Waals surface area contributed by atoms with Gasteiger partial charge in [-0.1, -0.05) is 0 Å². The molecule has 5 unspecified atom stereocenters. The number of likely N-dealkylation sites (N-methyl/N-ethyl adjacent to an activating group) is 1. The summed E-state index contributed by atoms with van der Waals surface area (Å²) >= 11 is 0. The molecule has 0 aromatic carbocycles. The van der Waals surface area contributed by atoms with Crippen LogP contribution in [0.3, 0.4) is 0 Å². The molecule has 3 aliphatic heterocycles. The third kappa shape index (κ3) is 2.11. The topological polar surface area (TPSA) is 133 Å². The number of nitrogens with zero attached hydrogens (tertiary/aromatic N) is 4. The first-order chi connectivity index (χ1) is 10.5. The Hall–Kier alpha value is -1.88. The molecule has 4 N–H and O–H groups in total. The zero-order chi connectivity index (χ0) is 16.0. The average molecular weight is 312 g/mol. The summed E-state index contributed by atoms with van der Waals surface area (Å²) in [5.74, 6) is -0.191. The predicted octanol–water partition coefficient (Wildman–Crippen LogP) is -3.31. The monoisotopic (exact) mass is 312 g/mol. The van der Waals surface area contributed by atoms with Gasteiger partial charge in [0.15, 0.2) is 6.10 Å². The molecule has 1 fully saturated rings. The Morgan fingerprint density at radius 2 is 2.27 bits per heavy atom. The second kappa shape index (κ2) is 5.39. The van der Waals surface area contributed by atoms with Gasteiger partial charge in [0.1, 0.15) is 12.2 Å². The van der Waals surface area contributed by atoms with Crippen LogP contribution in [0.15, 0.2) is 9.98 Å². The van der Waals surface area contributed by atoms with Crippen molar-refractivity contribution < 1.29 is 29.1 Å². The van der Waals surface area contributed by atoms with Crippen LogP contribution in [-0.2, 0) is 14.3 Å². The van der Waals surface area contributed by atoms with E-state index in [9.17, 15) is 15.0 Å². The van der Waals surface area contributed by atoms with E-state index in [4.69, 9.17) is 15.2 Å². The quantitative estimate of drug-likeness (QED) is 0.465. The molecule has 10 nitrogen and oxygen atoms in total. The van der Waals surface area contributed by atoms with Gasteiger partial charge in [-0.2, -0.15) is 14.9 Å². The van der Waals surface area contributed by atoms with Gasteiger partial charge in [-0.15, -0.1) is 0 Å². The first-order valence-corrected chi connectivity index (χ1v) is 6.77. The lowest BCUT2D eigenvalue weighted by molar-refractivity contribution is -0.498. The molecule has 1 saturated heterocycles. The van der Waals surface area contributed by atoms with Crippen LogP contribution in [0.1, 0.15) is 0 Å². The largest absolute Gasteiger partial charge is 0.394 e. The molecule has 1 amide bonds. The molecule has 0 saturated carbocycles. The normalized spacial score (nSPS) is 37.8. The highest BCUT2D eigenvalue weighted by molar-refractivity contribution is 6.19. The van der Waals surface area contributed by atoms with Gasteiger partial charge in [-0.3, -0.25) is 4.79 Å². The number of ether oxygens (including phenoxy) is 2. The van der Waals surface area contributed by atoms with Gasteiger partial charge >= 0.3 is 5.91 Å². The summed E-state index contributed by atoms with van der Waals surface area (Å²) in [6, 6.07) is -0.682. The Morgan fingerprint density at radius 1 is 1.55 bits per heavy atom. The van der Waals surface area contributed by atoms with Crippen LogP contribution < -0.4 is 5.73 Å². The number of carbonyl (C=O) groups is 1. The smallest absolute Gasteiger partial charge is 0.304 e. The Labute approximate surface area is 126 Å². The van der Waals surface area contributed by atoms with E-state index in [1.54, 1.807) is 22.9 Å². The first kappa shape index (κ1) is 15.0. The average Bonchev–Trinajstić information content (AvgIpc) is 2.96. The van der Waals surface area contributed by atoms with Gasteiger partial charge < -0.3 is 25.4 Å². The van der Waals surface area contributed by atoms with E-state index in [2.05, 4.69) is 9.98 Å². The molecule has 0 bridgehead atoms. The second-order valence-corrected chi connectivity index (χ2v) is 5.31. The number of fused-ring (bicyclic) bond motifs is 1. The van der Waals surface area contributed by atoms with Crippen LogP contribution in [0, 0.1) is 0 Å². The number of guanidine groups is 1. The molecule has 0 aromatic heterocycles. The van der Waals surface area contributed by atoms with E-state index >= 15 is 0 Å². The van der Waals surface area contributed by atoms with Crippen molar-refractivity contribution in [3.8, 4) is 0 Å². The van der Waals surface area contributed by atoms with Crippen molar-refractivity contribution in [2.45, 2.75) is 30.6 Å². The predicted molar refractivity (Wildman–Crippen MR) is 74.5 cm³/mol. The van der Waals surface area contributed by atoms with Crippen LogP contribution in [0.2, 0.25) is 0 Å². The zero-order valence-electron chi connectivity index (χ0n) is 12.2. The fourth-order valence-corrected chi connectivity index (χ4v) is 2.91. The number of hydrogen-bond acceptors (Lipinski definition) is 8. The lowest BCUT2D eigenvalue weighted by Crippen LogP contribution is -2.50. The number of carbonyl (C=O) groups excluding carboxylic acids is 1. The van der Waals surface area contributed by atoms with E-state index in [-0.39, 0.29) is 12.6 Å². The van der Waals surface area contributed by atoms with Crippen LogP contribution in [0.5, 0.6) is 0 Å². The Morgan fingerprint density at radius 3 is 2.91 bits per heavy atom. The molecule has 0 radical (unpaired) electrons.